The summed E-state index contributed by atoms with van der Waals surface area (Å²) in [6.07, 6.45) is 1.62. The van der Waals surface area contributed by atoms with Gasteiger partial charge in [-0.15, -0.1) is 0 Å². The molecule has 1 aromatic carbocycles. The van der Waals surface area contributed by atoms with E-state index in [1.807, 2.05) is 0 Å². The van der Waals surface area contributed by atoms with Crippen LogP contribution in [0.5, 0.6) is 0 Å². The SMILES string of the molecule is CC(C)Cc1cc(F)cc(CC(=S)C(C)C)c1. The fraction of sp³-hybridized carbons (Fsp3) is 0.533. The van der Waals surface area contributed by atoms with Gasteiger partial charge in [-0.05, 0) is 46.4 Å². The molecular weight excluding hydrogens is 231 g/mol. The van der Waals surface area contributed by atoms with Gasteiger partial charge in [0, 0.05) is 6.42 Å². The summed E-state index contributed by atoms with van der Waals surface area (Å²) in [7, 11) is 0. The zero-order chi connectivity index (χ0) is 13.0. The van der Waals surface area contributed by atoms with E-state index in [4.69, 9.17) is 12.2 Å². The standard InChI is InChI=1S/C15H21FS/c1-10(2)5-12-6-13(8-14(16)7-12)9-15(17)11(3)4/h6-8,10-11H,5,9H2,1-4H3. The Morgan fingerprint density at radius 3 is 2.24 bits per heavy atom. The van der Waals surface area contributed by atoms with E-state index in [0.717, 1.165) is 22.4 Å². The monoisotopic (exact) mass is 252 g/mol. The van der Waals surface area contributed by atoms with E-state index in [1.165, 1.54) is 0 Å². The highest BCUT2D eigenvalue weighted by atomic mass is 32.1. The Hall–Kier alpha value is -0.760. The summed E-state index contributed by atoms with van der Waals surface area (Å²) in [4.78, 5) is 0.992. The molecule has 17 heavy (non-hydrogen) atoms. The molecule has 0 fully saturated rings. The van der Waals surface area contributed by atoms with Gasteiger partial charge >= 0.3 is 0 Å². The van der Waals surface area contributed by atoms with Crippen LogP contribution in [0.4, 0.5) is 4.39 Å². The molecule has 0 nitrogen and oxygen atoms in total. The molecule has 0 aromatic heterocycles. The largest absolute Gasteiger partial charge is 0.207 e. The third-order valence-corrected chi connectivity index (χ3v) is 3.30. The van der Waals surface area contributed by atoms with Crippen molar-refractivity contribution in [2.45, 2.75) is 40.5 Å². The Morgan fingerprint density at radius 1 is 1.12 bits per heavy atom. The molecule has 1 rings (SSSR count). The molecule has 0 aliphatic heterocycles. The maximum atomic E-state index is 13.5. The zero-order valence-electron chi connectivity index (χ0n) is 11.1. The predicted molar refractivity (Wildman–Crippen MR) is 76.1 cm³/mol. The number of benzene rings is 1. The van der Waals surface area contributed by atoms with E-state index >= 15 is 0 Å². The Labute approximate surface area is 109 Å². The molecule has 1 aromatic rings. The quantitative estimate of drug-likeness (QED) is 0.691. The molecule has 0 bridgehead atoms. The molecule has 0 saturated carbocycles. The van der Waals surface area contributed by atoms with Gasteiger partial charge in [0.05, 0.1) is 0 Å². The third kappa shape index (κ3) is 4.95. The second kappa shape index (κ2) is 6.25. The lowest BCUT2D eigenvalue weighted by Gasteiger charge is -2.10. The fourth-order valence-corrected chi connectivity index (χ4v) is 1.98. The molecule has 2 heteroatoms. The minimum atomic E-state index is -0.148. The number of halogens is 1. The first kappa shape index (κ1) is 14.3. The summed E-state index contributed by atoms with van der Waals surface area (Å²) >= 11 is 5.31. The molecule has 0 unspecified atom stereocenters. The topological polar surface area (TPSA) is 0 Å². The second-order valence-corrected chi connectivity index (χ2v) is 5.89. The van der Waals surface area contributed by atoms with Crippen molar-refractivity contribution >= 4 is 17.1 Å². The highest BCUT2D eigenvalue weighted by Gasteiger charge is 2.07. The van der Waals surface area contributed by atoms with Crippen molar-refractivity contribution in [2.24, 2.45) is 11.8 Å². The van der Waals surface area contributed by atoms with Gasteiger partial charge in [0.2, 0.25) is 0 Å². The first-order valence-corrected chi connectivity index (χ1v) is 6.60. The molecule has 94 valence electrons. The summed E-state index contributed by atoms with van der Waals surface area (Å²) in [5, 5.41) is 0. The van der Waals surface area contributed by atoms with Crippen molar-refractivity contribution in [3.05, 3.63) is 35.1 Å². The van der Waals surface area contributed by atoms with Gasteiger partial charge in [0.15, 0.2) is 0 Å². The maximum absolute atomic E-state index is 13.5. The van der Waals surface area contributed by atoms with Crippen LogP contribution in [0.25, 0.3) is 0 Å². The van der Waals surface area contributed by atoms with Crippen LogP contribution in [0.1, 0.15) is 38.8 Å². The molecule has 0 saturated heterocycles. The van der Waals surface area contributed by atoms with Crippen molar-refractivity contribution in [3.63, 3.8) is 0 Å². The Balaban J connectivity index is 2.85. The van der Waals surface area contributed by atoms with Gasteiger partial charge in [-0.25, -0.2) is 4.39 Å². The van der Waals surface area contributed by atoms with E-state index < -0.39 is 0 Å². The van der Waals surface area contributed by atoms with Crippen molar-refractivity contribution < 1.29 is 4.39 Å². The van der Waals surface area contributed by atoms with Crippen LogP contribution in [0.2, 0.25) is 0 Å². The molecule has 0 heterocycles. The number of rotatable bonds is 5. The van der Waals surface area contributed by atoms with Crippen LogP contribution in [-0.4, -0.2) is 4.86 Å². The predicted octanol–water partition coefficient (Wildman–Crippen LogP) is 4.59. The van der Waals surface area contributed by atoms with E-state index in [-0.39, 0.29) is 5.82 Å². The first-order chi connectivity index (χ1) is 7.88. The zero-order valence-corrected chi connectivity index (χ0v) is 11.9. The van der Waals surface area contributed by atoms with Crippen LogP contribution in [0.3, 0.4) is 0 Å². The Kier molecular flexibility index (Phi) is 5.26. The maximum Gasteiger partial charge on any atom is 0.123 e. The van der Waals surface area contributed by atoms with Crippen molar-refractivity contribution in [3.8, 4) is 0 Å². The second-order valence-electron chi connectivity index (χ2n) is 5.36. The van der Waals surface area contributed by atoms with Crippen LogP contribution in [0, 0.1) is 17.7 Å². The molecule has 0 spiro atoms. The first-order valence-electron chi connectivity index (χ1n) is 6.19. The van der Waals surface area contributed by atoms with Gasteiger partial charge in [0.1, 0.15) is 5.82 Å². The van der Waals surface area contributed by atoms with Crippen LogP contribution in [0.15, 0.2) is 18.2 Å². The summed E-state index contributed by atoms with van der Waals surface area (Å²) in [6.45, 7) is 8.44. The van der Waals surface area contributed by atoms with E-state index in [1.54, 1.807) is 12.1 Å². The lowest BCUT2D eigenvalue weighted by atomic mass is 9.97. The van der Waals surface area contributed by atoms with Crippen molar-refractivity contribution in [1.29, 1.82) is 0 Å². The van der Waals surface area contributed by atoms with E-state index in [2.05, 4.69) is 33.8 Å². The Morgan fingerprint density at radius 2 is 1.71 bits per heavy atom. The lowest BCUT2D eigenvalue weighted by molar-refractivity contribution is 0.611. The molecule has 0 aliphatic carbocycles. The normalized spacial score (nSPS) is 11.2. The van der Waals surface area contributed by atoms with Crippen molar-refractivity contribution in [2.75, 3.05) is 0 Å². The highest BCUT2D eigenvalue weighted by molar-refractivity contribution is 7.80. The van der Waals surface area contributed by atoms with Crippen molar-refractivity contribution in [1.82, 2.24) is 0 Å². The summed E-state index contributed by atoms with van der Waals surface area (Å²) in [6, 6.07) is 5.30. The fourth-order valence-electron chi connectivity index (χ4n) is 1.81. The third-order valence-electron chi connectivity index (χ3n) is 2.68. The van der Waals surface area contributed by atoms with Crippen LogP contribution in [-0.2, 0) is 12.8 Å². The average molecular weight is 252 g/mol. The molecule has 0 radical (unpaired) electrons. The highest BCUT2D eigenvalue weighted by Crippen LogP contribution is 2.15. The van der Waals surface area contributed by atoms with Gasteiger partial charge < -0.3 is 0 Å². The van der Waals surface area contributed by atoms with Gasteiger partial charge in [-0.2, -0.15) is 0 Å². The number of thiocarbonyl (C=S) groups is 1. The molecule has 0 N–H and O–H groups in total. The smallest absolute Gasteiger partial charge is 0.123 e. The van der Waals surface area contributed by atoms with E-state index in [9.17, 15) is 4.39 Å². The minimum absolute atomic E-state index is 0.148. The molecular formula is C15H21FS. The van der Waals surface area contributed by atoms with Gasteiger partial charge in [-0.3, -0.25) is 0 Å². The minimum Gasteiger partial charge on any atom is -0.207 e. The van der Waals surface area contributed by atoms with E-state index in [0.29, 0.717) is 18.3 Å². The van der Waals surface area contributed by atoms with Gasteiger partial charge in [-0.1, -0.05) is 46.0 Å². The van der Waals surface area contributed by atoms with Gasteiger partial charge in [0.25, 0.3) is 0 Å². The molecule has 0 aliphatic rings. The molecule has 0 amide bonds. The summed E-state index contributed by atoms with van der Waals surface area (Å²) in [5.41, 5.74) is 2.07. The average Bonchev–Trinajstić information content (AvgIpc) is 2.14. The van der Waals surface area contributed by atoms with Crippen LogP contribution >= 0.6 is 12.2 Å². The number of hydrogen-bond acceptors (Lipinski definition) is 1. The summed E-state index contributed by atoms with van der Waals surface area (Å²) < 4.78 is 13.5. The lowest BCUT2D eigenvalue weighted by Crippen LogP contribution is -2.08. The number of hydrogen-bond donors (Lipinski definition) is 0. The molecule has 0 atom stereocenters. The van der Waals surface area contributed by atoms with Crippen LogP contribution < -0.4 is 0 Å². The Bertz CT molecular complexity index is 394. The summed E-state index contributed by atoms with van der Waals surface area (Å²) in [5.74, 6) is 0.772.